The van der Waals surface area contributed by atoms with E-state index in [1.54, 1.807) is 12.1 Å². The van der Waals surface area contributed by atoms with E-state index in [4.69, 9.17) is 14.1 Å². The van der Waals surface area contributed by atoms with Gasteiger partial charge in [0.2, 0.25) is 0 Å². The monoisotopic (exact) mass is 1100 g/mol. The number of furan rings is 2. The third-order valence-electron chi connectivity index (χ3n) is 16.7. The Morgan fingerprint density at radius 1 is 0.306 bits per heavy atom. The molecule has 12 aromatic carbocycles. The van der Waals surface area contributed by atoms with Crippen LogP contribution in [0, 0.1) is 40.1 Å². The first-order chi connectivity index (χ1) is 41.9. The van der Waals surface area contributed by atoms with Crippen molar-refractivity contribution in [3.63, 3.8) is 0 Å². The third-order valence-corrected chi connectivity index (χ3v) is 16.7. The van der Waals surface area contributed by atoms with Gasteiger partial charge in [-0.2, -0.15) is 10.5 Å². The van der Waals surface area contributed by atoms with Crippen LogP contribution in [-0.2, 0) is 6.42 Å². The number of hydrogen-bond acceptors (Lipinski definition) is 4. The predicted octanol–water partition coefficient (Wildman–Crippen LogP) is 19.9. The lowest BCUT2D eigenvalue weighted by molar-refractivity contribution is 0.450. The van der Waals surface area contributed by atoms with E-state index in [1.165, 1.54) is 40.5 Å². The second-order valence-corrected chi connectivity index (χ2v) is 21.2. The van der Waals surface area contributed by atoms with Gasteiger partial charge in [0.15, 0.2) is 28.6 Å². The van der Waals surface area contributed by atoms with E-state index >= 15 is 0 Å². The second-order valence-electron chi connectivity index (χ2n) is 21.2. The summed E-state index contributed by atoms with van der Waals surface area (Å²) in [4.78, 5) is 0. The molecular formula is C75H42F3N5O2. The van der Waals surface area contributed by atoms with E-state index in [1.807, 2.05) is 12.1 Å². The van der Waals surface area contributed by atoms with Gasteiger partial charge in [-0.15, -0.1) is 0 Å². The molecule has 10 heteroatoms. The fraction of sp³-hybridized carbons (Fsp3) is 0.0133. The van der Waals surface area contributed by atoms with Crippen molar-refractivity contribution in [2.75, 3.05) is 0 Å². The van der Waals surface area contributed by atoms with Crippen molar-refractivity contribution in [1.29, 1.82) is 10.5 Å². The highest BCUT2D eigenvalue weighted by Gasteiger charge is 2.33. The van der Waals surface area contributed by atoms with Crippen LogP contribution < -0.4 is 0 Å². The number of hydrogen-bond donors (Lipinski definition) is 0. The van der Waals surface area contributed by atoms with Gasteiger partial charge in [0, 0.05) is 43.1 Å². The molecule has 0 unspecified atom stereocenters. The molecule has 0 aliphatic heterocycles. The summed E-state index contributed by atoms with van der Waals surface area (Å²) < 4.78 is 59.8. The van der Waals surface area contributed by atoms with Crippen LogP contribution in [0.2, 0.25) is 0 Å². The largest absolute Gasteiger partial charge is 0.454 e. The van der Waals surface area contributed by atoms with Crippen LogP contribution >= 0.6 is 0 Å². The summed E-state index contributed by atoms with van der Waals surface area (Å²) in [5.74, 6) is -4.53. The Bertz CT molecular complexity index is 5540. The van der Waals surface area contributed by atoms with Crippen molar-refractivity contribution in [3.8, 4) is 40.3 Å². The first kappa shape index (κ1) is 49.2. The Kier molecular flexibility index (Phi) is 11.2. The molecule has 7 nitrogen and oxygen atoms in total. The van der Waals surface area contributed by atoms with Gasteiger partial charge < -0.3 is 22.5 Å². The van der Waals surface area contributed by atoms with Gasteiger partial charge in [0.25, 0.3) is 0 Å². The Morgan fingerprint density at radius 3 is 1.04 bits per heavy atom. The molecule has 85 heavy (non-hydrogen) atoms. The Labute approximate surface area is 482 Å². The molecule has 0 fully saturated rings. The quantitative estimate of drug-likeness (QED) is 0.165. The fourth-order valence-corrected chi connectivity index (χ4v) is 13.2. The van der Waals surface area contributed by atoms with E-state index in [0.717, 1.165) is 105 Å². The van der Waals surface area contributed by atoms with Crippen molar-refractivity contribution >= 4 is 109 Å². The SMILES string of the molecule is N#Cc1c(-n2c3ccccc3c3ccccc32)c(-n2c3ccccc3c3ccccc32)c(-n2c3ccccc3c3ccccc32)c2c1oc1ccccc12.N#Cc1c(F)c(F)c(F)c2c1oc1ccccc12.c1ccc2c(c1)Cc1ccccc1-2. The number of halogens is 3. The molecule has 1 aliphatic rings. The zero-order chi connectivity index (χ0) is 57.0. The topological polar surface area (TPSA) is 88.6 Å². The Hall–Kier alpha value is -11.6. The lowest BCUT2D eigenvalue weighted by Crippen LogP contribution is -2.12. The van der Waals surface area contributed by atoms with E-state index in [-0.39, 0.29) is 16.6 Å². The highest BCUT2D eigenvalue weighted by atomic mass is 19.2. The molecule has 0 saturated carbocycles. The number of rotatable bonds is 3. The molecule has 17 aromatic rings. The Balaban J connectivity index is 0.000000153. The number of para-hydroxylation sites is 8. The summed E-state index contributed by atoms with van der Waals surface area (Å²) in [7, 11) is 0. The summed E-state index contributed by atoms with van der Waals surface area (Å²) in [6.45, 7) is 0. The molecule has 1 aliphatic carbocycles. The lowest BCUT2D eigenvalue weighted by atomic mass is 10.0. The highest BCUT2D eigenvalue weighted by Crippen LogP contribution is 2.50. The van der Waals surface area contributed by atoms with E-state index in [2.05, 4.69) is 226 Å². The first-order valence-electron chi connectivity index (χ1n) is 27.8. The van der Waals surface area contributed by atoms with Gasteiger partial charge in [-0.25, -0.2) is 13.2 Å². The molecule has 18 rings (SSSR count). The average molecular weight is 1100 g/mol. The van der Waals surface area contributed by atoms with Gasteiger partial charge in [-0.3, -0.25) is 0 Å². The zero-order valence-corrected chi connectivity index (χ0v) is 45.0. The standard InChI is InChI=1S/C49H28N4O.C13H4F3NO.C13H10/c50-29-37-46(51-38-22-8-1-15-30(38)31-16-2-9-23-39(31)51)48(53-42-26-12-5-19-34(42)35-20-6-13-27-43(35)53)47(45-36-21-7-14-28-44(36)54-49(37)45)52-40-24-10-3-17-32(40)33-18-4-11-25-41(33)52;14-10-7(5-17)13-9(11(15)12(10)16)6-3-1-2-4-8(6)18-13;1-3-7-12-10(5-1)9-11-6-2-4-8-13(11)12/h1-28H;1-4H;1-8H,9H2. The maximum absolute atomic E-state index is 13.8. The van der Waals surface area contributed by atoms with Crippen molar-refractivity contribution in [2.45, 2.75) is 6.42 Å². The van der Waals surface area contributed by atoms with Crippen LogP contribution in [0.15, 0.2) is 251 Å². The normalized spacial score (nSPS) is 11.9. The number of nitriles is 2. The molecule has 5 heterocycles. The maximum Gasteiger partial charge on any atom is 0.196 e. The van der Waals surface area contributed by atoms with Gasteiger partial charge in [-0.05, 0) is 77.2 Å². The minimum absolute atomic E-state index is 0.207. The summed E-state index contributed by atoms with van der Waals surface area (Å²) in [5, 5.41) is 29.2. The number of nitrogens with zero attached hydrogens (tertiary/aromatic N) is 5. The summed E-state index contributed by atoms with van der Waals surface area (Å²) in [5.41, 5.74) is 15.8. The first-order valence-corrected chi connectivity index (χ1v) is 27.8. The van der Waals surface area contributed by atoms with Crippen molar-refractivity contribution < 1.29 is 22.0 Å². The third kappa shape index (κ3) is 7.26. The van der Waals surface area contributed by atoms with Crippen molar-refractivity contribution in [3.05, 3.63) is 282 Å². The molecule has 0 spiro atoms. The van der Waals surface area contributed by atoms with Crippen LogP contribution in [0.1, 0.15) is 22.3 Å². The molecule has 0 atom stereocenters. The van der Waals surface area contributed by atoms with Crippen LogP contribution in [0.5, 0.6) is 0 Å². The van der Waals surface area contributed by atoms with Crippen LogP contribution in [0.25, 0.3) is 137 Å². The maximum atomic E-state index is 13.8. The van der Waals surface area contributed by atoms with E-state index < -0.39 is 23.0 Å². The zero-order valence-electron chi connectivity index (χ0n) is 45.0. The van der Waals surface area contributed by atoms with Gasteiger partial charge >= 0.3 is 0 Å². The number of fused-ring (bicyclic) bond motifs is 18. The van der Waals surface area contributed by atoms with Gasteiger partial charge in [0.05, 0.1) is 60.9 Å². The van der Waals surface area contributed by atoms with E-state index in [0.29, 0.717) is 16.5 Å². The van der Waals surface area contributed by atoms with Crippen LogP contribution in [-0.4, -0.2) is 13.7 Å². The number of aromatic nitrogens is 3. The predicted molar refractivity (Wildman–Crippen MR) is 334 cm³/mol. The fourth-order valence-electron chi connectivity index (χ4n) is 13.2. The molecule has 0 amide bonds. The van der Waals surface area contributed by atoms with Gasteiger partial charge in [0.1, 0.15) is 34.4 Å². The molecule has 0 N–H and O–H groups in total. The highest BCUT2D eigenvalue weighted by molar-refractivity contribution is 6.21. The Morgan fingerprint density at radius 2 is 0.624 bits per heavy atom. The summed E-state index contributed by atoms with van der Waals surface area (Å²) in [6.07, 6.45) is 1.10. The molecule has 0 saturated heterocycles. The van der Waals surface area contributed by atoms with Crippen molar-refractivity contribution in [2.24, 2.45) is 0 Å². The van der Waals surface area contributed by atoms with Crippen LogP contribution in [0.4, 0.5) is 13.2 Å². The number of benzene rings is 12. The molecule has 5 aromatic heterocycles. The van der Waals surface area contributed by atoms with E-state index in [9.17, 15) is 18.4 Å². The second kappa shape index (κ2) is 19.3. The summed E-state index contributed by atoms with van der Waals surface area (Å²) >= 11 is 0. The average Bonchev–Trinajstić information content (AvgIpc) is 1.61. The minimum Gasteiger partial charge on any atom is -0.454 e. The van der Waals surface area contributed by atoms with Crippen molar-refractivity contribution in [1.82, 2.24) is 13.7 Å². The molecule has 0 radical (unpaired) electrons. The lowest BCUT2D eigenvalue weighted by Gasteiger charge is -2.24. The van der Waals surface area contributed by atoms with Crippen LogP contribution in [0.3, 0.4) is 0 Å². The minimum atomic E-state index is -1.66. The molecule has 0 bridgehead atoms. The molecular weight excluding hydrogens is 1060 g/mol. The van der Waals surface area contributed by atoms with Gasteiger partial charge in [-0.1, -0.05) is 194 Å². The smallest absolute Gasteiger partial charge is 0.196 e. The summed E-state index contributed by atoms with van der Waals surface area (Å²) in [6, 6.07) is 87.5. The molecule has 400 valence electrons.